The first-order chi connectivity index (χ1) is 20.4. The Hall–Kier alpha value is -3.29. The van der Waals surface area contributed by atoms with Crippen LogP contribution in [0.5, 0.6) is 28.7 Å². The second kappa shape index (κ2) is 12.4. The molecule has 3 heterocycles. The number of carbonyl (C=O) groups is 1. The summed E-state index contributed by atoms with van der Waals surface area (Å²) < 4.78 is 28.2. The van der Waals surface area contributed by atoms with E-state index in [1.54, 1.807) is 0 Å². The monoisotopic (exact) mass is 612 g/mol. The number of aromatic hydroxyl groups is 3. The lowest BCUT2D eigenvalue weighted by Gasteiger charge is -2.45. The molecule has 16 heteroatoms. The molecular formula is C27H32O16. The van der Waals surface area contributed by atoms with Crippen molar-refractivity contribution in [3.05, 3.63) is 41.5 Å². The second-order valence-electron chi connectivity index (χ2n) is 10.4. The molecule has 2 aromatic carbocycles. The van der Waals surface area contributed by atoms with Gasteiger partial charge < -0.3 is 74.7 Å². The molecule has 2 fully saturated rings. The lowest BCUT2D eigenvalue weighted by atomic mass is 9.95. The first-order valence-corrected chi connectivity index (χ1v) is 13.3. The number of benzene rings is 2. The Balaban J connectivity index is 1.42. The molecule has 3 aliphatic heterocycles. The summed E-state index contributed by atoms with van der Waals surface area (Å²) >= 11 is 0. The van der Waals surface area contributed by atoms with Gasteiger partial charge >= 0.3 is 0 Å². The van der Waals surface area contributed by atoms with Gasteiger partial charge in [-0.3, -0.25) is 4.79 Å². The maximum Gasteiger partial charge on any atom is 0.229 e. The van der Waals surface area contributed by atoms with Crippen LogP contribution >= 0.6 is 0 Å². The van der Waals surface area contributed by atoms with E-state index in [1.165, 1.54) is 24.3 Å². The largest absolute Gasteiger partial charge is 0.507 e. The van der Waals surface area contributed by atoms with Crippen molar-refractivity contribution in [1.29, 1.82) is 0 Å². The molecule has 5 rings (SSSR count). The Morgan fingerprint density at radius 2 is 1.40 bits per heavy atom. The van der Waals surface area contributed by atoms with Crippen LogP contribution in [0.15, 0.2) is 30.3 Å². The molecule has 0 aromatic heterocycles. The van der Waals surface area contributed by atoms with E-state index in [-0.39, 0.29) is 29.2 Å². The minimum atomic E-state index is -1.87. The molecule has 0 amide bonds. The lowest BCUT2D eigenvalue weighted by Crippen LogP contribution is -2.65. The average Bonchev–Trinajstić information content (AvgIpc) is 2.97. The van der Waals surface area contributed by atoms with Crippen LogP contribution in [0, 0.1) is 0 Å². The summed E-state index contributed by atoms with van der Waals surface area (Å²) in [5, 5.41) is 101. The molecule has 0 radical (unpaired) electrons. The van der Waals surface area contributed by atoms with E-state index < -0.39 is 98.0 Å². The number of ketones is 1. The molecule has 2 saturated heterocycles. The first kappa shape index (κ1) is 31.1. The van der Waals surface area contributed by atoms with E-state index in [0.717, 1.165) is 6.07 Å². The van der Waals surface area contributed by atoms with E-state index in [0.29, 0.717) is 5.56 Å². The normalized spacial score (nSPS) is 36.1. The molecule has 0 unspecified atom stereocenters. The van der Waals surface area contributed by atoms with Gasteiger partial charge in [-0.05, 0) is 17.7 Å². The Kier molecular flexibility index (Phi) is 8.96. The molecule has 0 aliphatic carbocycles. The number of aliphatic hydroxyl groups is 7. The summed E-state index contributed by atoms with van der Waals surface area (Å²) in [4.78, 5) is 12.9. The Morgan fingerprint density at radius 1 is 0.744 bits per heavy atom. The summed E-state index contributed by atoms with van der Waals surface area (Å²) in [7, 11) is 0. The number of aliphatic hydroxyl groups excluding tert-OH is 7. The quantitative estimate of drug-likeness (QED) is 0.145. The number of carbonyl (C=O) groups excluding carboxylic acids is 1. The van der Waals surface area contributed by atoms with E-state index in [1.807, 2.05) is 0 Å². The summed E-state index contributed by atoms with van der Waals surface area (Å²) in [5.41, 5.74) is 0.195. The third-order valence-corrected chi connectivity index (χ3v) is 7.56. The van der Waals surface area contributed by atoms with Crippen LogP contribution in [0.2, 0.25) is 0 Å². The molecule has 16 nitrogen and oxygen atoms in total. The zero-order chi connectivity index (χ0) is 31.2. The van der Waals surface area contributed by atoms with Gasteiger partial charge in [-0.25, -0.2) is 0 Å². The van der Waals surface area contributed by atoms with Crippen molar-refractivity contribution < 1.29 is 79.5 Å². The first-order valence-electron chi connectivity index (χ1n) is 13.3. The van der Waals surface area contributed by atoms with Crippen LogP contribution in [-0.4, -0.2) is 131 Å². The number of ether oxygens (including phenoxy) is 5. The highest BCUT2D eigenvalue weighted by atomic mass is 16.8. The highest BCUT2D eigenvalue weighted by Gasteiger charge is 2.51. The van der Waals surface area contributed by atoms with Crippen molar-refractivity contribution >= 4 is 5.78 Å². The molecule has 2 aromatic rings. The van der Waals surface area contributed by atoms with E-state index in [4.69, 9.17) is 23.7 Å². The minimum Gasteiger partial charge on any atom is -0.507 e. The molecule has 3 aliphatic rings. The van der Waals surface area contributed by atoms with Crippen molar-refractivity contribution in [2.24, 2.45) is 0 Å². The van der Waals surface area contributed by atoms with Crippen molar-refractivity contribution in [2.75, 3.05) is 13.2 Å². The molecule has 43 heavy (non-hydrogen) atoms. The van der Waals surface area contributed by atoms with Gasteiger partial charge in [0.05, 0.1) is 19.6 Å². The van der Waals surface area contributed by atoms with E-state index in [9.17, 15) is 55.9 Å². The van der Waals surface area contributed by atoms with Crippen molar-refractivity contribution in [3.8, 4) is 28.7 Å². The average molecular weight is 613 g/mol. The Labute approximate surface area is 243 Å². The zero-order valence-electron chi connectivity index (χ0n) is 22.3. The molecule has 10 N–H and O–H groups in total. The predicted molar refractivity (Wildman–Crippen MR) is 137 cm³/mol. The third kappa shape index (κ3) is 5.94. The number of fused-ring (bicyclic) bond motifs is 1. The standard InChI is InChI=1S/C27H32O16/c28-7-17-20(34)22(36)24(38)26(41-17)43-25-23(37)21(35)18(8-29)42-27(25)39-10-4-13(32)19-14(33)6-15(40-16(19)5-10)9-1-2-11(30)12(31)3-9/h1-5,15,17-18,20-32,34-38H,6-8H2/t15-,17+,18+,20+,21+,22-,23-,24+,25+,26-,27+/m0/s1. The zero-order valence-corrected chi connectivity index (χ0v) is 22.3. The van der Waals surface area contributed by atoms with Crippen LogP contribution in [0.3, 0.4) is 0 Å². The van der Waals surface area contributed by atoms with E-state index >= 15 is 0 Å². The second-order valence-corrected chi connectivity index (χ2v) is 10.4. The lowest BCUT2D eigenvalue weighted by molar-refractivity contribution is -0.357. The maximum atomic E-state index is 12.9. The van der Waals surface area contributed by atoms with Crippen LogP contribution < -0.4 is 9.47 Å². The topological polar surface area (TPSA) is 266 Å². The number of hydrogen-bond acceptors (Lipinski definition) is 16. The number of phenols is 3. The van der Waals surface area contributed by atoms with E-state index in [2.05, 4.69) is 0 Å². The van der Waals surface area contributed by atoms with Crippen molar-refractivity contribution in [2.45, 2.75) is 73.9 Å². The van der Waals surface area contributed by atoms with Gasteiger partial charge in [-0.2, -0.15) is 0 Å². The molecular weight excluding hydrogens is 580 g/mol. The van der Waals surface area contributed by atoms with Crippen molar-refractivity contribution in [3.63, 3.8) is 0 Å². The summed E-state index contributed by atoms with van der Waals surface area (Å²) in [5.74, 6) is -2.15. The Bertz CT molecular complexity index is 1320. The number of Topliss-reactive ketones (excluding diaryl/α,β-unsaturated/α-hetero) is 1. The molecule has 236 valence electrons. The fourth-order valence-electron chi connectivity index (χ4n) is 5.17. The summed E-state index contributed by atoms with van der Waals surface area (Å²) in [6, 6.07) is 6.15. The highest BCUT2D eigenvalue weighted by molar-refractivity contribution is 6.02. The molecule has 0 saturated carbocycles. The van der Waals surface area contributed by atoms with Crippen LogP contribution in [0.25, 0.3) is 0 Å². The van der Waals surface area contributed by atoms with Crippen LogP contribution in [0.4, 0.5) is 0 Å². The minimum absolute atomic E-state index is 0.120. The number of rotatable bonds is 7. The van der Waals surface area contributed by atoms with Gasteiger partial charge in [0.2, 0.25) is 6.29 Å². The van der Waals surface area contributed by atoms with Crippen LogP contribution in [-0.2, 0) is 14.2 Å². The fraction of sp³-hybridized carbons (Fsp3) is 0.519. The summed E-state index contributed by atoms with van der Waals surface area (Å²) in [6.45, 7) is -1.53. The highest BCUT2D eigenvalue weighted by Crippen LogP contribution is 2.43. The number of phenolic OH excluding ortho intramolecular Hbond substituents is 3. The van der Waals surface area contributed by atoms with Gasteiger partial charge in [0.15, 0.2) is 29.7 Å². The van der Waals surface area contributed by atoms with Gasteiger partial charge in [-0.1, -0.05) is 6.07 Å². The third-order valence-electron chi connectivity index (χ3n) is 7.56. The van der Waals surface area contributed by atoms with Crippen molar-refractivity contribution in [1.82, 2.24) is 0 Å². The predicted octanol–water partition coefficient (Wildman–Crippen LogP) is -2.49. The smallest absolute Gasteiger partial charge is 0.229 e. The van der Waals surface area contributed by atoms with Gasteiger partial charge in [0.25, 0.3) is 0 Å². The van der Waals surface area contributed by atoms with Crippen LogP contribution in [0.1, 0.15) is 28.4 Å². The Morgan fingerprint density at radius 3 is 2.05 bits per heavy atom. The van der Waals surface area contributed by atoms with Gasteiger partial charge in [-0.15, -0.1) is 0 Å². The molecule has 0 bridgehead atoms. The molecule has 11 atom stereocenters. The fourth-order valence-corrected chi connectivity index (χ4v) is 5.17. The SMILES string of the molecule is O=C1C[C@@H](c2ccc(O)c(O)c2)Oc2cc(O[C@@H]3O[C@H](CO)[C@@H](O)[C@H](O)[C@H]3O[C@@H]3O[C@H](CO)[C@@H](O)[C@H](O)[C@H]3O)cc(O)c21. The maximum absolute atomic E-state index is 12.9. The van der Waals surface area contributed by atoms with Gasteiger partial charge in [0, 0.05) is 12.1 Å². The summed E-state index contributed by atoms with van der Waals surface area (Å²) in [6.07, 6.45) is -17.9. The number of hydrogen-bond donors (Lipinski definition) is 10. The van der Waals surface area contributed by atoms with Gasteiger partial charge in [0.1, 0.15) is 71.6 Å². The molecule has 0 spiro atoms.